The van der Waals surface area contributed by atoms with Gasteiger partial charge in [0.25, 0.3) is 0 Å². The van der Waals surface area contributed by atoms with Crippen LogP contribution in [0.5, 0.6) is 0 Å². The lowest BCUT2D eigenvalue weighted by atomic mass is 10.3. The predicted octanol–water partition coefficient (Wildman–Crippen LogP) is 2.15. The average Bonchev–Trinajstić information content (AvgIpc) is 2.83. The number of anilines is 1. The van der Waals surface area contributed by atoms with Gasteiger partial charge in [0, 0.05) is 24.6 Å². The van der Waals surface area contributed by atoms with Crippen molar-refractivity contribution in [2.45, 2.75) is 12.6 Å². The Morgan fingerprint density at radius 2 is 2.33 bits per heavy atom. The predicted molar refractivity (Wildman–Crippen MR) is 68.1 cm³/mol. The molecule has 1 heterocycles. The van der Waals surface area contributed by atoms with Crippen LogP contribution in [0.1, 0.15) is 0 Å². The molecule has 4 nitrogen and oxygen atoms in total. The minimum absolute atomic E-state index is 0.0811. The molecular weight excluding hydrogens is 257 g/mol. The number of aliphatic hydroxyl groups is 1. The highest BCUT2D eigenvalue weighted by Crippen LogP contribution is 2.18. The molecule has 2 N–H and O–H groups in total. The summed E-state index contributed by atoms with van der Waals surface area (Å²) in [7, 11) is 0. The Labute approximate surface area is 109 Å². The van der Waals surface area contributed by atoms with Crippen molar-refractivity contribution in [2.75, 3.05) is 11.9 Å². The number of halogens is 2. The molecule has 1 unspecified atom stereocenters. The molecule has 1 atom stereocenters. The maximum Gasteiger partial charge on any atom is 0.143 e. The highest BCUT2D eigenvalue weighted by atomic mass is 35.5. The van der Waals surface area contributed by atoms with Crippen LogP contribution in [0.3, 0.4) is 0 Å². The van der Waals surface area contributed by atoms with E-state index in [-0.39, 0.29) is 5.02 Å². The Bertz CT molecular complexity index is 504. The van der Waals surface area contributed by atoms with Crippen molar-refractivity contribution < 1.29 is 9.50 Å². The van der Waals surface area contributed by atoms with Gasteiger partial charge in [-0.05, 0) is 24.3 Å². The standard InChI is InChI=1S/C12H13ClFN3O/c13-11-3-2-9(6-12(11)14)15-7-10(18)8-17-5-1-4-16-17/h1-6,10,15,18H,7-8H2. The molecule has 2 rings (SSSR count). The largest absolute Gasteiger partial charge is 0.389 e. The van der Waals surface area contributed by atoms with E-state index < -0.39 is 11.9 Å². The van der Waals surface area contributed by atoms with Gasteiger partial charge in [-0.25, -0.2) is 4.39 Å². The van der Waals surface area contributed by atoms with Gasteiger partial charge in [-0.3, -0.25) is 4.68 Å². The lowest BCUT2D eigenvalue weighted by Gasteiger charge is -2.13. The minimum Gasteiger partial charge on any atom is -0.389 e. The first kappa shape index (κ1) is 12.9. The average molecular weight is 270 g/mol. The van der Waals surface area contributed by atoms with E-state index in [1.165, 1.54) is 12.1 Å². The molecule has 0 amide bonds. The lowest BCUT2D eigenvalue weighted by Crippen LogP contribution is -2.25. The van der Waals surface area contributed by atoms with Gasteiger partial charge in [-0.2, -0.15) is 5.10 Å². The van der Waals surface area contributed by atoms with E-state index in [2.05, 4.69) is 10.4 Å². The number of rotatable bonds is 5. The molecule has 18 heavy (non-hydrogen) atoms. The van der Waals surface area contributed by atoms with Gasteiger partial charge in [-0.15, -0.1) is 0 Å². The number of benzene rings is 1. The Balaban J connectivity index is 1.85. The number of aromatic nitrogens is 2. The topological polar surface area (TPSA) is 50.1 Å². The number of aliphatic hydroxyl groups excluding tert-OH is 1. The molecule has 0 bridgehead atoms. The summed E-state index contributed by atoms with van der Waals surface area (Å²) in [4.78, 5) is 0. The number of hydrogen-bond acceptors (Lipinski definition) is 3. The second-order valence-corrected chi connectivity index (χ2v) is 4.30. The maximum atomic E-state index is 13.2. The molecule has 0 saturated heterocycles. The van der Waals surface area contributed by atoms with Gasteiger partial charge < -0.3 is 10.4 Å². The lowest BCUT2D eigenvalue weighted by molar-refractivity contribution is 0.161. The number of hydrogen-bond donors (Lipinski definition) is 2. The highest BCUT2D eigenvalue weighted by Gasteiger charge is 2.06. The van der Waals surface area contributed by atoms with Crippen molar-refractivity contribution in [3.63, 3.8) is 0 Å². The molecule has 0 saturated carbocycles. The molecule has 1 aromatic carbocycles. The summed E-state index contributed by atoms with van der Waals surface area (Å²) < 4.78 is 14.8. The maximum absolute atomic E-state index is 13.2. The van der Waals surface area contributed by atoms with E-state index in [0.717, 1.165) is 0 Å². The minimum atomic E-state index is -0.608. The van der Waals surface area contributed by atoms with Gasteiger partial charge in [0.2, 0.25) is 0 Å². The normalized spacial score (nSPS) is 12.4. The molecule has 2 aromatic rings. The second-order valence-electron chi connectivity index (χ2n) is 3.89. The van der Waals surface area contributed by atoms with Crippen LogP contribution in [0.15, 0.2) is 36.7 Å². The molecule has 1 aromatic heterocycles. The monoisotopic (exact) mass is 269 g/mol. The third-order valence-electron chi connectivity index (χ3n) is 2.42. The molecule has 0 fully saturated rings. The molecule has 96 valence electrons. The van der Waals surface area contributed by atoms with Crippen LogP contribution in [-0.4, -0.2) is 27.5 Å². The number of nitrogens with one attached hydrogen (secondary N) is 1. The molecule has 0 aliphatic heterocycles. The fourth-order valence-corrected chi connectivity index (χ4v) is 1.65. The van der Waals surface area contributed by atoms with Crippen molar-refractivity contribution in [2.24, 2.45) is 0 Å². The van der Waals surface area contributed by atoms with Crippen LogP contribution >= 0.6 is 11.6 Å². The summed E-state index contributed by atoms with van der Waals surface area (Å²) in [6, 6.07) is 6.21. The van der Waals surface area contributed by atoms with Crippen molar-refractivity contribution in [3.8, 4) is 0 Å². The zero-order valence-electron chi connectivity index (χ0n) is 9.55. The second kappa shape index (κ2) is 5.84. The molecule has 0 aliphatic carbocycles. The van der Waals surface area contributed by atoms with E-state index >= 15 is 0 Å². The van der Waals surface area contributed by atoms with E-state index in [9.17, 15) is 9.50 Å². The highest BCUT2D eigenvalue weighted by molar-refractivity contribution is 6.30. The Morgan fingerprint density at radius 1 is 1.50 bits per heavy atom. The fourth-order valence-electron chi connectivity index (χ4n) is 1.53. The van der Waals surface area contributed by atoms with Crippen LogP contribution in [0.25, 0.3) is 0 Å². The third kappa shape index (κ3) is 3.45. The Morgan fingerprint density at radius 3 is 3.00 bits per heavy atom. The third-order valence-corrected chi connectivity index (χ3v) is 2.72. The molecule has 6 heteroatoms. The molecule has 0 radical (unpaired) electrons. The summed E-state index contributed by atoms with van der Waals surface area (Å²) in [6.45, 7) is 0.691. The van der Waals surface area contributed by atoms with Crippen LogP contribution in [0.4, 0.5) is 10.1 Å². The van der Waals surface area contributed by atoms with E-state index in [1.54, 1.807) is 29.2 Å². The first-order valence-electron chi connectivity index (χ1n) is 5.49. The molecule has 0 spiro atoms. The van der Waals surface area contributed by atoms with Crippen LogP contribution in [0.2, 0.25) is 5.02 Å². The fraction of sp³-hybridized carbons (Fsp3) is 0.250. The molecule has 0 aliphatic rings. The van der Waals surface area contributed by atoms with E-state index in [4.69, 9.17) is 11.6 Å². The summed E-state index contributed by atoms with van der Waals surface area (Å²) >= 11 is 5.57. The van der Waals surface area contributed by atoms with Gasteiger partial charge in [0.05, 0.1) is 17.7 Å². The van der Waals surface area contributed by atoms with Crippen LogP contribution in [-0.2, 0) is 6.54 Å². The summed E-state index contributed by atoms with van der Waals surface area (Å²) in [5.41, 5.74) is 0.580. The zero-order chi connectivity index (χ0) is 13.0. The van der Waals surface area contributed by atoms with Gasteiger partial charge >= 0.3 is 0 Å². The summed E-state index contributed by atoms with van der Waals surface area (Å²) in [5, 5.41) is 16.8. The van der Waals surface area contributed by atoms with Gasteiger partial charge in [0.1, 0.15) is 5.82 Å². The smallest absolute Gasteiger partial charge is 0.143 e. The summed E-state index contributed by atoms with van der Waals surface area (Å²) in [5.74, 6) is -0.483. The SMILES string of the molecule is OC(CNc1ccc(Cl)c(F)c1)Cn1cccn1. The van der Waals surface area contributed by atoms with E-state index in [1.807, 2.05) is 0 Å². The first-order valence-corrected chi connectivity index (χ1v) is 5.87. The van der Waals surface area contributed by atoms with Crippen molar-refractivity contribution >= 4 is 17.3 Å². The number of nitrogens with zero attached hydrogens (tertiary/aromatic N) is 2. The van der Waals surface area contributed by atoms with Crippen LogP contribution < -0.4 is 5.32 Å². The van der Waals surface area contributed by atoms with Crippen molar-refractivity contribution in [1.29, 1.82) is 0 Å². The van der Waals surface area contributed by atoms with Crippen molar-refractivity contribution in [3.05, 3.63) is 47.5 Å². The van der Waals surface area contributed by atoms with Gasteiger partial charge in [0.15, 0.2) is 0 Å². The summed E-state index contributed by atoms with van der Waals surface area (Å²) in [6.07, 6.45) is 2.81. The van der Waals surface area contributed by atoms with Crippen molar-refractivity contribution in [1.82, 2.24) is 9.78 Å². The zero-order valence-corrected chi connectivity index (χ0v) is 10.3. The Kier molecular flexibility index (Phi) is 4.17. The van der Waals surface area contributed by atoms with Crippen LogP contribution in [0, 0.1) is 5.82 Å². The Hall–Kier alpha value is -1.59. The molecular formula is C12H13ClFN3O. The van der Waals surface area contributed by atoms with Gasteiger partial charge in [-0.1, -0.05) is 11.6 Å². The first-order chi connectivity index (χ1) is 8.65. The van der Waals surface area contributed by atoms with E-state index in [0.29, 0.717) is 18.8 Å². The quantitative estimate of drug-likeness (QED) is 0.874.